The van der Waals surface area contributed by atoms with Crippen LogP contribution in [0.1, 0.15) is 43.0 Å². The van der Waals surface area contributed by atoms with Gasteiger partial charge in [0, 0.05) is 31.0 Å². The van der Waals surface area contributed by atoms with E-state index in [-0.39, 0.29) is 18.1 Å². The highest BCUT2D eigenvalue weighted by Gasteiger charge is 2.26. The molecule has 7 nitrogen and oxygen atoms in total. The van der Waals surface area contributed by atoms with E-state index in [2.05, 4.69) is 15.4 Å². The number of aromatic nitrogens is 3. The number of piperidine rings is 1. The van der Waals surface area contributed by atoms with Crippen molar-refractivity contribution in [1.29, 1.82) is 0 Å². The first-order valence-electron chi connectivity index (χ1n) is 8.62. The molecule has 0 radical (unpaired) electrons. The number of urea groups is 1. The summed E-state index contributed by atoms with van der Waals surface area (Å²) in [5.41, 5.74) is 2.06. The summed E-state index contributed by atoms with van der Waals surface area (Å²) >= 11 is 0. The van der Waals surface area contributed by atoms with E-state index in [4.69, 9.17) is 4.74 Å². The van der Waals surface area contributed by atoms with E-state index in [1.165, 1.54) is 0 Å². The number of ether oxygens (including phenoxy) is 1. The maximum Gasteiger partial charge on any atom is 0.317 e. The number of rotatable bonds is 4. The third-order valence-corrected chi connectivity index (χ3v) is 4.63. The molecule has 134 valence electrons. The van der Waals surface area contributed by atoms with E-state index < -0.39 is 0 Å². The number of carbonyl (C=O) groups excluding carboxylic acids is 1. The predicted octanol–water partition coefficient (Wildman–Crippen LogP) is 2.70. The molecule has 7 heteroatoms. The van der Waals surface area contributed by atoms with Gasteiger partial charge in [-0.05, 0) is 38.3 Å². The van der Waals surface area contributed by atoms with Gasteiger partial charge in [-0.15, -0.1) is 0 Å². The van der Waals surface area contributed by atoms with Gasteiger partial charge >= 0.3 is 6.03 Å². The van der Waals surface area contributed by atoms with E-state index in [1.54, 1.807) is 19.5 Å². The maximum atomic E-state index is 12.7. The van der Waals surface area contributed by atoms with Gasteiger partial charge in [0.15, 0.2) is 0 Å². The number of nitrogens with one attached hydrogen (secondary N) is 1. The van der Waals surface area contributed by atoms with Crippen LogP contribution in [0.4, 0.5) is 4.79 Å². The molecule has 0 bridgehead atoms. The Labute approximate surface area is 148 Å². The lowest BCUT2D eigenvalue weighted by atomic mass is 10.1. The molecule has 1 fully saturated rings. The lowest BCUT2D eigenvalue weighted by molar-refractivity contribution is 0.160. The Kier molecular flexibility index (Phi) is 5.21. The molecule has 0 unspecified atom stereocenters. The highest BCUT2D eigenvalue weighted by Crippen LogP contribution is 2.25. The van der Waals surface area contributed by atoms with Crippen molar-refractivity contribution in [2.75, 3.05) is 20.2 Å². The molecule has 3 rings (SSSR count). The van der Waals surface area contributed by atoms with Crippen molar-refractivity contribution in [1.82, 2.24) is 25.0 Å². The first-order valence-corrected chi connectivity index (χ1v) is 8.62. The molecule has 0 aromatic carbocycles. The molecule has 0 aliphatic carbocycles. The summed E-state index contributed by atoms with van der Waals surface area (Å²) < 4.78 is 7.31. The zero-order valence-electron chi connectivity index (χ0n) is 15.0. The normalized spacial score (nSPS) is 18.7. The molecule has 1 aliphatic heterocycles. The van der Waals surface area contributed by atoms with Crippen LogP contribution in [0.2, 0.25) is 0 Å². The van der Waals surface area contributed by atoms with Gasteiger partial charge in [-0.25, -0.2) is 4.79 Å². The molecule has 2 aromatic heterocycles. The molecule has 0 spiro atoms. The zero-order chi connectivity index (χ0) is 17.8. The van der Waals surface area contributed by atoms with Crippen LogP contribution in [0.15, 0.2) is 30.9 Å². The molecule has 2 amide bonds. The Morgan fingerprint density at radius 2 is 2.28 bits per heavy atom. The highest BCUT2D eigenvalue weighted by molar-refractivity contribution is 5.75. The van der Waals surface area contributed by atoms with Crippen LogP contribution in [-0.2, 0) is 0 Å². The molecule has 1 saturated heterocycles. The Balaban J connectivity index is 1.64. The molecule has 0 saturated carbocycles. The van der Waals surface area contributed by atoms with Crippen molar-refractivity contribution in [3.63, 3.8) is 0 Å². The Bertz CT molecular complexity index is 730. The first kappa shape index (κ1) is 17.3. The van der Waals surface area contributed by atoms with E-state index in [0.29, 0.717) is 12.3 Å². The average molecular weight is 343 g/mol. The maximum absolute atomic E-state index is 12.7. The Hall–Kier alpha value is -2.57. The fourth-order valence-corrected chi connectivity index (χ4v) is 3.26. The number of hydrogen-bond donors (Lipinski definition) is 1. The minimum Gasteiger partial charge on any atom is -0.495 e. The van der Waals surface area contributed by atoms with Gasteiger partial charge in [0.05, 0.1) is 31.6 Å². The largest absolute Gasteiger partial charge is 0.495 e. The standard InChI is InChI=1S/C18H25N5O2/c1-13-9-20-23(11-13)15-5-4-8-22(12-15)18(24)21-14(2)16-6-7-19-10-17(16)25-3/h6-7,9-11,14-15H,4-5,8,12H2,1-3H3,(H,21,24)/t14-,15-/m1/s1. The van der Waals surface area contributed by atoms with Crippen LogP contribution in [0.5, 0.6) is 5.75 Å². The number of nitrogens with zero attached hydrogens (tertiary/aromatic N) is 4. The topological polar surface area (TPSA) is 72.3 Å². The van der Waals surface area contributed by atoms with Gasteiger partial charge in [0.25, 0.3) is 0 Å². The van der Waals surface area contributed by atoms with Gasteiger partial charge in [0.2, 0.25) is 0 Å². The molecule has 3 heterocycles. The fraction of sp³-hybridized carbons (Fsp3) is 0.500. The smallest absolute Gasteiger partial charge is 0.317 e. The SMILES string of the molecule is COc1cnccc1[C@@H](C)NC(=O)N1CCC[C@@H](n2cc(C)cn2)C1. The molecular weight excluding hydrogens is 318 g/mol. The third kappa shape index (κ3) is 3.92. The van der Waals surface area contributed by atoms with Crippen LogP contribution in [-0.4, -0.2) is 45.9 Å². The summed E-state index contributed by atoms with van der Waals surface area (Å²) in [6.45, 7) is 5.42. The second-order valence-corrected chi connectivity index (χ2v) is 6.53. The number of carbonyl (C=O) groups is 1. The highest BCUT2D eigenvalue weighted by atomic mass is 16.5. The van der Waals surface area contributed by atoms with Crippen LogP contribution in [0, 0.1) is 6.92 Å². The van der Waals surface area contributed by atoms with E-state index in [1.807, 2.05) is 41.9 Å². The van der Waals surface area contributed by atoms with Gasteiger partial charge in [0.1, 0.15) is 5.75 Å². The van der Waals surface area contributed by atoms with Gasteiger partial charge in [-0.3, -0.25) is 9.67 Å². The fourth-order valence-electron chi connectivity index (χ4n) is 3.26. The molecule has 25 heavy (non-hydrogen) atoms. The summed E-state index contributed by atoms with van der Waals surface area (Å²) in [5.74, 6) is 0.679. The predicted molar refractivity (Wildman–Crippen MR) is 94.5 cm³/mol. The molecular formula is C18H25N5O2. The zero-order valence-corrected chi connectivity index (χ0v) is 15.0. The number of likely N-dealkylation sites (tertiary alicyclic amines) is 1. The van der Waals surface area contributed by atoms with Crippen LogP contribution in [0.25, 0.3) is 0 Å². The lowest BCUT2D eigenvalue weighted by Crippen LogP contribution is -2.46. The van der Waals surface area contributed by atoms with E-state index in [9.17, 15) is 4.79 Å². The van der Waals surface area contributed by atoms with Gasteiger partial charge < -0.3 is 15.0 Å². The Morgan fingerprint density at radius 1 is 1.44 bits per heavy atom. The summed E-state index contributed by atoms with van der Waals surface area (Å²) in [5, 5.41) is 7.47. The summed E-state index contributed by atoms with van der Waals surface area (Å²) in [6.07, 6.45) is 9.28. The quantitative estimate of drug-likeness (QED) is 0.926. The summed E-state index contributed by atoms with van der Waals surface area (Å²) in [4.78, 5) is 18.6. The van der Waals surface area contributed by atoms with Crippen molar-refractivity contribution >= 4 is 6.03 Å². The van der Waals surface area contributed by atoms with E-state index in [0.717, 1.165) is 30.5 Å². The molecule has 1 aliphatic rings. The molecule has 2 aromatic rings. The van der Waals surface area contributed by atoms with Crippen molar-refractivity contribution in [3.8, 4) is 5.75 Å². The second kappa shape index (κ2) is 7.55. The summed E-state index contributed by atoms with van der Waals surface area (Å²) in [7, 11) is 1.61. The van der Waals surface area contributed by atoms with Crippen molar-refractivity contribution in [2.24, 2.45) is 0 Å². The number of hydrogen-bond acceptors (Lipinski definition) is 4. The van der Waals surface area contributed by atoms with Crippen LogP contribution < -0.4 is 10.1 Å². The minimum absolute atomic E-state index is 0.0556. The molecule has 1 N–H and O–H groups in total. The third-order valence-electron chi connectivity index (χ3n) is 4.63. The van der Waals surface area contributed by atoms with Crippen molar-refractivity contribution < 1.29 is 9.53 Å². The van der Waals surface area contributed by atoms with Crippen molar-refractivity contribution in [2.45, 2.75) is 38.8 Å². The number of aryl methyl sites for hydroxylation is 1. The van der Waals surface area contributed by atoms with Crippen molar-refractivity contribution in [3.05, 3.63) is 42.0 Å². The average Bonchev–Trinajstić information content (AvgIpc) is 3.08. The van der Waals surface area contributed by atoms with Gasteiger partial charge in [-0.1, -0.05) is 0 Å². The monoisotopic (exact) mass is 343 g/mol. The minimum atomic E-state index is -0.155. The second-order valence-electron chi connectivity index (χ2n) is 6.53. The number of pyridine rings is 1. The van der Waals surface area contributed by atoms with Crippen LogP contribution >= 0.6 is 0 Å². The van der Waals surface area contributed by atoms with Gasteiger partial charge in [-0.2, -0.15) is 5.10 Å². The summed E-state index contributed by atoms with van der Waals surface area (Å²) in [6, 6.07) is 1.90. The Morgan fingerprint density at radius 3 is 3.00 bits per heavy atom. The first-order chi connectivity index (χ1) is 12.1. The van der Waals surface area contributed by atoms with Crippen LogP contribution in [0.3, 0.4) is 0 Å². The number of amides is 2. The van der Waals surface area contributed by atoms with E-state index >= 15 is 0 Å². The number of methoxy groups -OCH3 is 1. The lowest BCUT2D eigenvalue weighted by Gasteiger charge is -2.33. The molecule has 2 atom stereocenters.